The van der Waals surface area contributed by atoms with Crippen molar-refractivity contribution in [2.45, 2.75) is 38.7 Å². The van der Waals surface area contributed by atoms with Crippen molar-refractivity contribution in [3.05, 3.63) is 54.2 Å². The number of carbonyl (C=O) groups excluding carboxylic acids is 2. The van der Waals surface area contributed by atoms with E-state index >= 15 is 0 Å². The number of alkyl carbamates (subject to hydrolysis) is 1. The molecule has 0 fully saturated rings. The maximum atomic E-state index is 13.2. The summed E-state index contributed by atoms with van der Waals surface area (Å²) in [7, 11) is 0. The number of nitrogens with zero attached hydrogens (tertiary/aromatic N) is 1. The van der Waals surface area contributed by atoms with Crippen molar-refractivity contribution in [3.63, 3.8) is 0 Å². The summed E-state index contributed by atoms with van der Waals surface area (Å²) in [4.78, 5) is 25.3. The predicted molar refractivity (Wildman–Crippen MR) is 137 cm³/mol. The molecule has 2 aromatic carbocycles. The molecule has 11 heteroatoms. The molecule has 170 valence electrons. The van der Waals surface area contributed by atoms with Crippen LogP contribution in [0, 0.1) is 0 Å². The van der Waals surface area contributed by atoms with Crippen LogP contribution in [0.25, 0.3) is 10.1 Å². The Labute approximate surface area is 214 Å². The zero-order valence-corrected chi connectivity index (χ0v) is 25.5. The van der Waals surface area contributed by atoms with Gasteiger partial charge >= 0.3 is 185 Å². The van der Waals surface area contributed by atoms with E-state index in [0.717, 1.165) is 25.4 Å². The third-order valence-corrected chi connectivity index (χ3v) is 11.1. The summed E-state index contributed by atoms with van der Waals surface area (Å²) in [6.07, 6.45) is 1.71. The zero-order valence-electron chi connectivity index (χ0n) is 18.5. The van der Waals surface area contributed by atoms with Gasteiger partial charge < -0.3 is 0 Å². The Morgan fingerprint density at radius 2 is 1.97 bits per heavy atom. The van der Waals surface area contributed by atoms with E-state index in [2.05, 4.69) is 15.0 Å². The Balaban J connectivity index is 1.73. The molecule has 0 radical (unpaired) electrons. The normalized spacial score (nSPS) is 11.8. The Morgan fingerprint density at radius 3 is 2.67 bits per heavy atom. The monoisotopic (exact) mass is 694 g/mol. The predicted octanol–water partition coefficient (Wildman–Crippen LogP) is 5.25. The van der Waals surface area contributed by atoms with Crippen LogP contribution in [0.4, 0.5) is 10.5 Å². The Kier molecular flexibility index (Phi) is 9.66. The van der Waals surface area contributed by atoms with Gasteiger partial charge in [0.05, 0.1) is 0 Å². The van der Waals surface area contributed by atoms with Crippen LogP contribution in [0.1, 0.15) is 38.7 Å². The SMILES string of the molecule is CC(C)(C)OC(=O)NCCC(C(=O)Nc1ccc2cnsc2c1)c1ccc([O][Tl]=[P+]=S)cc1. The van der Waals surface area contributed by atoms with Crippen molar-refractivity contribution in [3.8, 4) is 5.75 Å². The zero-order chi connectivity index (χ0) is 23.8. The van der Waals surface area contributed by atoms with E-state index < -0.39 is 41.2 Å². The van der Waals surface area contributed by atoms with Crippen LogP contribution >= 0.6 is 15.5 Å². The third kappa shape index (κ3) is 8.31. The van der Waals surface area contributed by atoms with Crippen molar-refractivity contribution in [2.24, 2.45) is 0 Å². The van der Waals surface area contributed by atoms with E-state index in [4.69, 9.17) is 19.2 Å². The molecule has 0 bridgehead atoms. The molecule has 0 saturated carbocycles. The van der Waals surface area contributed by atoms with Gasteiger partial charge in [0.2, 0.25) is 0 Å². The molecule has 2 N–H and O–H groups in total. The first kappa shape index (κ1) is 26.1. The third-order valence-electron chi connectivity index (χ3n) is 4.56. The molecule has 0 saturated heterocycles. The second-order valence-electron chi connectivity index (χ2n) is 8.24. The summed E-state index contributed by atoms with van der Waals surface area (Å²) in [6.45, 7) is 5.72. The van der Waals surface area contributed by atoms with Gasteiger partial charge in [0.15, 0.2) is 0 Å². The van der Waals surface area contributed by atoms with Gasteiger partial charge in [-0.25, -0.2) is 0 Å². The molecule has 2 amide bonds. The number of fused-ring (bicyclic) bond motifs is 1. The first-order valence-electron chi connectivity index (χ1n) is 10.3. The number of aromatic nitrogens is 1. The molecule has 0 aliphatic rings. The molecule has 3 aromatic rings. The second-order valence-corrected chi connectivity index (χ2v) is 20.9. The van der Waals surface area contributed by atoms with Gasteiger partial charge in [-0.3, -0.25) is 0 Å². The Morgan fingerprint density at radius 1 is 1.21 bits per heavy atom. The molecule has 0 aliphatic heterocycles. The minimum absolute atomic E-state index is 0.151. The van der Waals surface area contributed by atoms with E-state index in [9.17, 15) is 9.59 Å². The molecule has 1 aromatic heterocycles. The van der Waals surface area contributed by atoms with Crippen molar-refractivity contribution < 1.29 is 17.0 Å². The summed E-state index contributed by atoms with van der Waals surface area (Å²) in [5.41, 5.74) is 0.970. The van der Waals surface area contributed by atoms with Crippen LogP contribution in [-0.2, 0) is 21.3 Å². The molecule has 3 rings (SSSR count). The fourth-order valence-corrected chi connectivity index (χ4v) is 7.63. The maximum absolute atomic E-state index is 13.2. The summed E-state index contributed by atoms with van der Waals surface area (Å²) in [5.74, 6) is 0.168. The van der Waals surface area contributed by atoms with Gasteiger partial charge in [-0.1, -0.05) is 0 Å². The van der Waals surface area contributed by atoms with Crippen LogP contribution in [0.5, 0.6) is 5.75 Å². The van der Waals surface area contributed by atoms with Gasteiger partial charge in [-0.2, -0.15) is 4.37 Å². The molecule has 1 atom stereocenters. The van der Waals surface area contributed by atoms with Crippen LogP contribution in [-0.4, -0.2) is 52.1 Å². The van der Waals surface area contributed by atoms with Gasteiger partial charge in [-0.15, -0.1) is 0 Å². The Bertz CT molecular complexity index is 1170. The number of nitrogens with one attached hydrogen (secondary N) is 2. The van der Waals surface area contributed by atoms with Gasteiger partial charge in [-0.05, 0) is 20.8 Å². The number of amides is 2. The van der Waals surface area contributed by atoms with E-state index in [0.29, 0.717) is 18.7 Å². The summed E-state index contributed by atoms with van der Waals surface area (Å²) >= 11 is 4.99. The number of ether oxygens (including phenoxy) is 1. The van der Waals surface area contributed by atoms with Crippen molar-refractivity contribution in [2.75, 3.05) is 11.9 Å². The number of rotatable bonds is 8. The quantitative estimate of drug-likeness (QED) is 0.248. The molecule has 0 spiro atoms. The van der Waals surface area contributed by atoms with E-state index in [1.807, 2.05) is 63.2 Å². The summed E-state index contributed by atoms with van der Waals surface area (Å²) in [5, 5.41) is 6.79. The van der Waals surface area contributed by atoms with Crippen LogP contribution < -0.4 is 13.3 Å². The number of hydrogen-bond acceptors (Lipinski definition) is 7. The molecular weight excluding hydrogens is 670 g/mol. The standard InChI is InChI=1S/C22H25N3O4S.PS.Tl/c1-22(2,3)29-21(28)23-11-10-18(14-5-8-17(26)9-6-14)20(27)25-16-7-4-15-13-24-30-19(15)12-16;1-2;/h4-9,12-13,18,26H,10-11H2,1-3H3,(H,23,28)(H,25,27);;/q;-1;+3/p-1. The number of hydrogen-bond donors (Lipinski definition) is 2. The van der Waals surface area contributed by atoms with Crippen molar-refractivity contribution >= 4 is 78.7 Å². The average Bonchev–Trinajstić information content (AvgIpc) is 3.22. The summed E-state index contributed by atoms with van der Waals surface area (Å²) < 4.78 is 17.2. The minimum atomic E-state index is -1.37. The average molecular weight is 694 g/mol. The molecular formula is C22H24N3O4PS2Tl+. The van der Waals surface area contributed by atoms with Crippen molar-refractivity contribution in [1.82, 2.24) is 9.69 Å². The molecule has 1 heterocycles. The first-order chi connectivity index (χ1) is 15.7. The number of benzene rings is 2. The van der Waals surface area contributed by atoms with E-state index in [-0.39, 0.29) is 5.91 Å². The molecule has 7 nitrogen and oxygen atoms in total. The molecule has 1 unspecified atom stereocenters. The fourth-order valence-electron chi connectivity index (χ4n) is 3.11. The van der Waals surface area contributed by atoms with Crippen molar-refractivity contribution in [1.29, 1.82) is 0 Å². The second kappa shape index (κ2) is 12.2. The Hall–Kier alpha value is -1.56. The van der Waals surface area contributed by atoms with Crippen LogP contribution in [0.2, 0.25) is 0 Å². The van der Waals surface area contributed by atoms with E-state index in [1.54, 1.807) is 6.20 Å². The van der Waals surface area contributed by atoms with Crippen LogP contribution in [0.15, 0.2) is 48.7 Å². The van der Waals surface area contributed by atoms with Gasteiger partial charge in [0.1, 0.15) is 0 Å². The van der Waals surface area contributed by atoms with Gasteiger partial charge in [0.25, 0.3) is 0 Å². The van der Waals surface area contributed by atoms with E-state index in [1.165, 1.54) is 11.5 Å². The number of anilines is 1. The summed E-state index contributed by atoms with van der Waals surface area (Å²) in [6, 6.07) is 13.2. The first-order valence-corrected chi connectivity index (χ1v) is 20.9. The molecule has 0 aliphatic carbocycles. The van der Waals surface area contributed by atoms with Gasteiger partial charge in [0, 0.05) is 6.20 Å². The fraction of sp³-hybridized carbons (Fsp3) is 0.318. The number of carbonyl (C=O) groups is 2. The molecule has 33 heavy (non-hydrogen) atoms. The van der Waals surface area contributed by atoms with Crippen LogP contribution in [0.3, 0.4) is 0 Å². The topological polar surface area (TPSA) is 89.5 Å².